The maximum Gasteiger partial charge on any atom is 0.407 e. The molecule has 0 spiro atoms. The van der Waals surface area contributed by atoms with Gasteiger partial charge in [-0.3, -0.25) is 0 Å². The molecule has 40 heavy (non-hydrogen) atoms. The van der Waals surface area contributed by atoms with Crippen molar-refractivity contribution in [2.24, 2.45) is 0 Å². The second kappa shape index (κ2) is 16.4. The molecule has 0 aliphatic rings. The van der Waals surface area contributed by atoms with Gasteiger partial charge in [-0.05, 0) is 25.7 Å². The van der Waals surface area contributed by atoms with Crippen LogP contribution in [0.15, 0.2) is 48.5 Å². The van der Waals surface area contributed by atoms with E-state index >= 15 is 0 Å². The van der Waals surface area contributed by atoms with Crippen molar-refractivity contribution in [1.82, 2.24) is 10.6 Å². The number of carbonyl (C=O) groups excluding carboxylic acids is 2. The summed E-state index contributed by atoms with van der Waals surface area (Å²) in [7, 11) is 0. The highest BCUT2D eigenvalue weighted by Gasteiger charge is 2.20. The molecule has 0 saturated heterocycles. The van der Waals surface area contributed by atoms with E-state index in [2.05, 4.69) is 24.5 Å². The highest BCUT2D eigenvalue weighted by molar-refractivity contribution is 6.11. The van der Waals surface area contributed by atoms with E-state index < -0.39 is 12.2 Å². The third-order valence-electron chi connectivity index (χ3n) is 6.72. The van der Waals surface area contributed by atoms with Crippen LogP contribution < -0.4 is 20.1 Å². The smallest absolute Gasteiger partial charge is 0.407 e. The third-order valence-corrected chi connectivity index (χ3v) is 6.72. The molecule has 8 heteroatoms. The molecule has 8 nitrogen and oxygen atoms in total. The molecule has 2 unspecified atom stereocenters. The van der Waals surface area contributed by atoms with Gasteiger partial charge in [-0.2, -0.15) is 0 Å². The highest BCUT2D eigenvalue weighted by atomic mass is 16.6. The standard InChI is InChI=1S/C32H44N2O6/c1-5-9-19-33-31(35)39-23(7-3)21-37-29-25-15-11-13-17-27(25)30(28-18-14-12-16-26(28)29)38-22-24(8-4)40-32(36)34-20-10-6-2/h11-18,23-24H,5-10,19-22H2,1-4H3,(H,33,35)(H,34,36). The number of hydrogen-bond acceptors (Lipinski definition) is 6. The molecule has 2 N–H and O–H groups in total. The summed E-state index contributed by atoms with van der Waals surface area (Å²) < 4.78 is 24.0. The average molecular weight is 553 g/mol. The fraction of sp³-hybridized carbons (Fsp3) is 0.500. The molecular weight excluding hydrogens is 508 g/mol. The molecule has 3 rings (SSSR count). The van der Waals surface area contributed by atoms with E-state index in [1.165, 1.54) is 0 Å². The Labute approximate surface area is 237 Å². The van der Waals surface area contributed by atoms with Crippen molar-refractivity contribution < 1.29 is 28.5 Å². The normalized spacial score (nSPS) is 12.5. The van der Waals surface area contributed by atoms with E-state index in [4.69, 9.17) is 18.9 Å². The number of rotatable bonds is 16. The van der Waals surface area contributed by atoms with E-state index in [0.717, 1.165) is 47.2 Å². The molecule has 218 valence electrons. The van der Waals surface area contributed by atoms with Crippen molar-refractivity contribution in [2.75, 3.05) is 26.3 Å². The number of hydrogen-bond donors (Lipinski definition) is 2. The average Bonchev–Trinajstić information content (AvgIpc) is 2.97. The Morgan fingerprint density at radius 2 is 0.975 bits per heavy atom. The SMILES string of the molecule is CCCCNC(=O)OC(CC)COc1c2ccccc2c(OCC(CC)OC(=O)NCCCC)c2ccccc12. The molecule has 0 aliphatic heterocycles. The van der Waals surface area contributed by atoms with Gasteiger partial charge in [0.2, 0.25) is 0 Å². The molecule has 0 fully saturated rings. The number of ether oxygens (including phenoxy) is 4. The summed E-state index contributed by atoms with van der Waals surface area (Å²) in [5.74, 6) is 1.43. The number of carbonyl (C=O) groups is 2. The van der Waals surface area contributed by atoms with Gasteiger partial charge in [0.15, 0.2) is 0 Å². The van der Waals surface area contributed by atoms with Crippen LogP contribution in [0.1, 0.15) is 66.2 Å². The van der Waals surface area contributed by atoms with Crippen LogP contribution in [0.3, 0.4) is 0 Å². The minimum absolute atomic E-state index is 0.227. The Hall–Kier alpha value is -3.68. The van der Waals surface area contributed by atoms with E-state index in [1.54, 1.807) is 0 Å². The Kier molecular flexibility index (Phi) is 12.7. The highest BCUT2D eigenvalue weighted by Crippen LogP contribution is 2.42. The molecule has 2 atom stereocenters. The minimum atomic E-state index is -0.422. The van der Waals surface area contributed by atoms with Crippen molar-refractivity contribution in [1.29, 1.82) is 0 Å². The summed E-state index contributed by atoms with van der Waals surface area (Å²) in [4.78, 5) is 24.4. The second-order valence-electron chi connectivity index (χ2n) is 9.80. The number of unbranched alkanes of at least 4 members (excludes halogenated alkanes) is 2. The summed E-state index contributed by atoms with van der Waals surface area (Å²) in [6.07, 6.45) is 3.45. The van der Waals surface area contributed by atoms with Gasteiger partial charge in [0.25, 0.3) is 0 Å². The molecule has 0 saturated carbocycles. The van der Waals surface area contributed by atoms with E-state index in [0.29, 0.717) is 37.4 Å². The van der Waals surface area contributed by atoms with Gasteiger partial charge >= 0.3 is 12.2 Å². The zero-order valence-electron chi connectivity index (χ0n) is 24.3. The van der Waals surface area contributed by atoms with Crippen LogP contribution in [0.25, 0.3) is 21.5 Å². The summed E-state index contributed by atoms with van der Waals surface area (Å²) >= 11 is 0. The first-order chi connectivity index (χ1) is 19.5. The van der Waals surface area contributed by atoms with Gasteiger partial charge in [0.1, 0.15) is 36.9 Å². The Balaban J connectivity index is 1.81. The van der Waals surface area contributed by atoms with Crippen molar-refractivity contribution in [3.63, 3.8) is 0 Å². The summed E-state index contributed by atoms with van der Waals surface area (Å²) in [6.45, 7) is 9.73. The molecule has 2 amide bonds. The molecule has 0 aromatic heterocycles. The van der Waals surface area contributed by atoms with E-state index in [-0.39, 0.29) is 25.4 Å². The van der Waals surface area contributed by atoms with Gasteiger partial charge in [-0.1, -0.05) is 89.1 Å². The van der Waals surface area contributed by atoms with Gasteiger partial charge in [0, 0.05) is 34.6 Å². The molecule has 3 aromatic carbocycles. The first-order valence-corrected chi connectivity index (χ1v) is 14.6. The number of nitrogens with one attached hydrogen (secondary N) is 2. The molecule has 0 aliphatic carbocycles. The summed E-state index contributed by atoms with van der Waals surface area (Å²) in [5, 5.41) is 9.17. The molecule has 0 heterocycles. The lowest BCUT2D eigenvalue weighted by molar-refractivity contribution is 0.0628. The zero-order chi connectivity index (χ0) is 28.7. The molecule has 0 radical (unpaired) electrons. The molecule has 3 aromatic rings. The topological polar surface area (TPSA) is 95.1 Å². The van der Waals surface area contributed by atoms with Crippen LogP contribution in [-0.2, 0) is 9.47 Å². The number of benzene rings is 3. The molecular formula is C32H44N2O6. The third kappa shape index (κ3) is 8.66. The van der Waals surface area contributed by atoms with Gasteiger partial charge in [-0.25, -0.2) is 9.59 Å². The maximum absolute atomic E-state index is 12.2. The fourth-order valence-electron chi connectivity index (χ4n) is 4.30. The lowest BCUT2D eigenvalue weighted by atomic mass is 10.0. The summed E-state index contributed by atoms with van der Waals surface area (Å²) in [5.41, 5.74) is 0. The monoisotopic (exact) mass is 552 g/mol. The van der Waals surface area contributed by atoms with Crippen molar-refractivity contribution in [3.8, 4) is 11.5 Å². The van der Waals surface area contributed by atoms with Gasteiger partial charge < -0.3 is 29.6 Å². The van der Waals surface area contributed by atoms with Crippen molar-refractivity contribution >= 4 is 33.7 Å². The minimum Gasteiger partial charge on any atom is -0.488 e. The van der Waals surface area contributed by atoms with Crippen LogP contribution in [-0.4, -0.2) is 50.7 Å². The number of fused-ring (bicyclic) bond motifs is 2. The van der Waals surface area contributed by atoms with Crippen LogP contribution in [0, 0.1) is 0 Å². The Morgan fingerprint density at radius 1 is 0.625 bits per heavy atom. The number of amides is 2. The van der Waals surface area contributed by atoms with E-state index in [1.807, 2.05) is 62.4 Å². The predicted octanol–water partition coefficient (Wildman–Crippen LogP) is 7.36. The van der Waals surface area contributed by atoms with Crippen molar-refractivity contribution in [3.05, 3.63) is 48.5 Å². The lowest BCUT2D eigenvalue weighted by Crippen LogP contribution is -2.32. The van der Waals surface area contributed by atoms with Crippen molar-refractivity contribution in [2.45, 2.75) is 78.4 Å². The van der Waals surface area contributed by atoms with Crippen LogP contribution >= 0.6 is 0 Å². The lowest BCUT2D eigenvalue weighted by Gasteiger charge is -2.22. The fourth-order valence-corrected chi connectivity index (χ4v) is 4.30. The number of alkyl carbamates (subject to hydrolysis) is 2. The Morgan fingerprint density at radius 3 is 1.27 bits per heavy atom. The zero-order valence-corrected chi connectivity index (χ0v) is 24.3. The molecule has 0 bridgehead atoms. The summed E-state index contributed by atoms with van der Waals surface area (Å²) in [6, 6.07) is 15.8. The van der Waals surface area contributed by atoms with Crippen LogP contribution in [0.4, 0.5) is 9.59 Å². The predicted molar refractivity (Wildman–Crippen MR) is 159 cm³/mol. The maximum atomic E-state index is 12.2. The second-order valence-corrected chi connectivity index (χ2v) is 9.80. The Bertz CT molecular complexity index is 1080. The van der Waals surface area contributed by atoms with Crippen LogP contribution in [0.5, 0.6) is 11.5 Å². The quantitative estimate of drug-likeness (QED) is 0.142. The van der Waals surface area contributed by atoms with Gasteiger partial charge in [-0.15, -0.1) is 0 Å². The first kappa shape index (κ1) is 30.9. The van der Waals surface area contributed by atoms with Gasteiger partial charge in [0.05, 0.1) is 0 Å². The largest absolute Gasteiger partial charge is 0.488 e. The first-order valence-electron chi connectivity index (χ1n) is 14.6. The van der Waals surface area contributed by atoms with Crippen LogP contribution in [0.2, 0.25) is 0 Å². The van der Waals surface area contributed by atoms with E-state index in [9.17, 15) is 9.59 Å².